The van der Waals surface area contributed by atoms with E-state index in [0.29, 0.717) is 19.0 Å². The number of hydrogen-bond acceptors (Lipinski definition) is 6. The summed E-state index contributed by atoms with van der Waals surface area (Å²) in [6.45, 7) is 0.833. The number of methoxy groups -OCH3 is 1. The summed E-state index contributed by atoms with van der Waals surface area (Å²) in [7, 11) is 4.37. The fourth-order valence-electron chi connectivity index (χ4n) is 3.07. The number of nitrogens with zero attached hydrogens (tertiary/aromatic N) is 4. The number of aromatic nitrogens is 4. The zero-order valence-electron chi connectivity index (χ0n) is 16.9. The minimum absolute atomic E-state index is 0.0404. The largest absolute Gasteiger partial charge is 0.375 e. The van der Waals surface area contributed by atoms with Crippen LogP contribution in [0.3, 0.4) is 0 Å². The van der Waals surface area contributed by atoms with Crippen molar-refractivity contribution in [2.45, 2.75) is 6.54 Å². The first-order valence-corrected chi connectivity index (χ1v) is 9.23. The number of carbonyl (C=O) groups excluding carboxylic acids is 1. The highest BCUT2D eigenvalue weighted by molar-refractivity contribution is 5.77. The maximum Gasteiger partial charge on any atom is 0.332 e. The number of benzene rings is 1. The van der Waals surface area contributed by atoms with Crippen LogP contribution in [0.15, 0.2) is 33.9 Å². The third-order valence-electron chi connectivity index (χ3n) is 4.61. The molecule has 11 heteroatoms. The molecule has 10 nitrogen and oxygen atoms in total. The van der Waals surface area contributed by atoms with Crippen LogP contribution in [0.5, 0.6) is 0 Å². The molecule has 2 aromatic heterocycles. The molecule has 0 bridgehead atoms. The monoisotopic (exact) mass is 418 g/mol. The summed E-state index contributed by atoms with van der Waals surface area (Å²) in [6.07, 6.45) is 0. The molecular weight excluding hydrogens is 395 g/mol. The Kier molecular flexibility index (Phi) is 6.31. The van der Waals surface area contributed by atoms with Gasteiger partial charge >= 0.3 is 5.69 Å². The van der Waals surface area contributed by atoms with Crippen LogP contribution in [-0.2, 0) is 30.2 Å². The summed E-state index contributed by atoms with van der Waals surface area (Å²) in [5.74, 6) is -0.262. The van der Waals surface area contributed by atoms with Gasteiger partial charge in [-0.2, -0.15) is 4.98 Å². The Balaban J connectivity index is 1.98. The van der Waals surface area contributed by atoms with Crippen LogP contribution in [-0.4, -0.2) is 51.4 Å². The van der Waals surface area contributed by atoms with Gasteiger partial charge in [0.05, 0.1) is 6.54 Å². The molecule has 0 radical (unpaired) electrons. The first-order chi connectivity index (χ1) is 14.3. The summed E-state index contributed by atoms with van der Waals surface area (Å²) in [6, 6.07) is 5.90. The van der Waals surface area contributed by atoms with Crippen LogP contribution in [0.25, 0.3) is 11.2 Å². The lowest BCUT2D eigenvalue weighted by atomic mass is 10.2. The molecule has 1 aromatic carbocycles. The zero-order chi connectivity index (χ0) is 21.8. The van der Waals surface area contributed by atoms with E-state index in [0.717, 1.165) is 10.1 Å². The van der Waals surface area contributed by atoms with E-state index < -0.39 is 11.2 Å². The molecule has 0 spiro atoms. The van der Waals surface area contributed by atoms with Gasteiger partial charge in [-0.25, -0.2) is 9.18 Å². The van der Waals surface area contributed by atoms with Gasteiger partial charge in [-0.15, -0.1) is 0 Å². The Morgan fingerprint density at radius 3 is 2.50 bits per heavy atom. The van der Waals surface area contributed by atoms with E-state index in [1.807, 2.05) is 0 Å². The van der Waals surface area contributed by atoms with Gasteiger partial charge < -0.3 is 15.4 Å². The van der Waals surface area contributed by atoms with E-state index in [9.17, 15) is 18.8 Å². The predicted octanol–water partition coefficient (Wildman–Crippen LogP) is -0.204. The molecule has 3 rings (SSSR count). The minimum atomic E-state index is -0.489. The lowest BCUT2D eigenvalue weighted by Gasteiger charge is -2.11. The number of rotatable bonds is 8. The number of halogens is 1. The summed E-state index contributed by atoms with van der Waals surface area (Å²) >= 11 is 0. The molecule has 0 saturated heterocycles. The molecule has 0 atom stereocenters. The highest BCUT2D eigenvalue weighted by atomic mass is 19.1. The Morgan fingerprint density at radius 1 is 1.13 bits per heavy atom. The molecule has 160 valence electrons. The minimum Gasteiger partial charge on any atom is -0.375 e. The fourth-order valence-corrected chi connectivity index (χ4v) is 3.07. The number of carbonyl (C=O) groups is 1. The van der Waals surface area contributed by atoms with Crippen molar-refractivity contribution in [1.29, 1.82) is 0 Å². The molecule has 0 aliphatic rings. The number of anilines is 1. The number of fused-ring (bicyclic) bond motifs is 1. The third-order valence-corrected chi connectivity index (χ3v) is 4.61. The van der Waals surface area contributed by atoms with Gasteiger partial charge in [-0.1, -0.05) is 12.1 Å². The standard InChI is InChI=1S/C19H23FN6O4/c1-24-16-15(17(28)25(2)19(24)29)26(10-12-4-6-13(20)7-5-12)18(23-16)22-9-8-21-14(27)11-30-3/h4-7H,8-11H2,1-3H3,(H,21,27)(H,22,23). The van der Waals surface area contributed by atoms with Crippen LogP contribution >= 0.6 is 0 Å². The van der Waals surface area contributed by atoms with Gasteiger partial charge in [-0.05, 0) is 17.7 Å². The van der Waals surface area contributed by atoms with Gasteiger partial charge in [-0.3, -0.25) is 23.3 Å². The van der Waals surface area contributed by atoms with Crippen molar-refractivity contribution in [3.05, 3.63) is 56.5 Å². The predicted molar refractivity (Wildman–Crippen MR) is 109 cm³/mol. The molecule has 1 amide bonds. The summed E-state index contributed by atoms with van der Waals surface area (Å²) in [5.41, 5.74) is 0.260. The summed E-state index contributed by atoms with van der Waals surface area (Å²) < 4.78 is 22.0. The van der Waals surface area contributed by atoms with Gasteiger partial charge in [0.25, 0.3) is 5.56 Å². The van der Waals surface area contributed by atoms with Gasteiger partial charge in [0.1, 0.15) is 12.4 Å². The second-order valence-electron chi connectivity index (χ2n) is 6.74. The van der Waals surface area contributed by atoms with E-state index >= 15 is 0 Å². The highest BCUT2D eigenvalue weighted by Gasteiger charge is 2.19. The van der Waals surface area contributed by atoms with Gasteiger partial charge in [0, 0.05) is 34.3 Å². The summed E-state index contributed by atoms with van der Waals surface area (Å²) in [4.78, 5) is 41.0. The third kappa shape index (κ3) is 4.25. The number of ether oxygens (including phenoxy) is 1. The summed E-state index contributed by atoms with van der Waals surface area (Å²) in [5, 5.41) is 5.76. The van der Waals surface area contributed by atoms with Crippen LogP contribution in [0.1, 0.15) is 5.56 Å². The Bertz CT molecular complexity index is 1180. The molecule has 0 saturated carbocycles. The number of imidazole rings is 1. The van der Waals surface area contributed by atoms with Crippen LogP contribution in [0.4, 0.5) is 10.3 Å². The molecule has 3 aromatic rings. The number of aryl methyl sites for hydroxylation is 1. The van der Waals surface area contributed by atoms with E-state index in [-0.39, 0.29) is 36.0 Å². The molecule has 2 N–H and O–H groups in total. The molecule has 0 fully saturated rings. The topological polar surface area (TPSA) is 112 Å². The lowest BCUT2D eigenvalue weighted by Crippen LogP contribution is -2.37. The zero-order valence-corrected chi connectivity index (χ0v) is 16.9. The van der Waals surface area contributed by atoms with E-state index in [1.165, 1.54) is 37.9 Å². The Hall–Kier alpha value is -3.47. The smallest absolute Gasteiger partial charge is 0.332 e. The van der Waals surface area contributed by atoms with Crippen LogP contribution in [0, 0.1) is 5.82 Å². The van der Waals surface area contributed by atoms with Crippen molar-refractivity contribution in [2.75, 3.05) is 32.1 Å². The van der Waals surface area contributed by atoms with Crippen molar-refractivity contribution in [1.82, 2.24) is 24.0 Å². The Morgan fingerprint density at radius 2 is 1.83 bits per heavy atom. The average molecular weight is 418 g/mol. The van der Waals surface area contributed by atoms with E-state index in [2.05, 4.69) is 15.6 Å². The van der Waals surface area contributed by atoms with Crippen molar-refractivity contribution in [2.24, 2.45) is 14.1 Å². The van der Waals surface area contributed by atoms with Gasteiger partial charge in [0.2, 0.25) is 11.9 Å². The van der Waals surface area contributed by atoms with Crippen molar-refractivity contribution >= 4 is 23.0 Å². The quantitative estimate of drug-likeness (QED) is 0.490. The van der Waals surface area contributed by atoms with E-state index in [1.54, 1.807) is 16.7 Å². The molecular formula is C19H23FN6O4. The number of amides is 1. The van der Waals surface area contributed by atoms with Crippen molar-refractivity contribution in [3.63, 3.8) is 0 Å². The average Bonchev–Trinajstić information content (AvgIpc) is 3.08. The fraction of sp³-hybridized carbons (Fsp3) is 0.368. The first-order valence-electron chi connectivity index (χ1n) is 9.23. The van der Waals surface area contributed by atoms with Gasteiger partial charge in [0.15, 0.2) is 11.2 Å². The maximum absolute atomic E-state index is 13.3. The molecule has 30 heavy (non-hydrogen) atoms. The van der Waals surface area contributed by atoms with E-state index in [4.69, 9.17) is 4.74 Å². The molecule has 0 aliphatic heterocycles. The van der Waals surface area contributed by atoms with Crippen LogP contribution in [0.2, 0.25) is 0 Å². The van der Waals surface area contributed by atoms with Crippen molar-refractivity contribution < 1.29 is 13.9 Å². The SMILES string of the molecule is COCC(=O)NCCNc1nc2c(c(=O)n(C)c(=O)n2C)n1Cc1ccc(F)cc1. The normalized spacial score (nSPS) is 11.1. The highest BCUT2D eigenvalue weighted by Crippen LogP contribution is 2.18. The second-order valence-corrected chi connectivity index (χ2v) is 6.74. The molecule has 0 unspecified atom stereocenters. The number of hydrogen-bond donors (Lipinski definition) is 2. The first kappa shape index (κ1) is 21.2. The second kappa shape index (κ2) is 8.91. The molecule has 2 heterocycles. The van der Waals surface area contributed by atoms with Crippen LogP contribution < -0.4 is 21.9 Å². The van der Waals surface area contributed by atoms with Crippen molar-refractivity contribution in [3.8, 4) is 0 Å². The molecule has 0 aliphatic carbocycles. The number of nitrogens with one attached hydrogen (secondary N) is 2. The lowest BCUT2D eigenvalue weighted by molar-refractivity contribution is -0.124. The Labute approximate surface area is 170 Å². The maximum atomic E-state index is 13.3.